The van der Waals surface area contributed by atoms with E-state index in [1.807, 2.05) is 13.1 Å². The number of carboxylic acid groups (broad SMARTS) is 1. The number of likely N-dealkylation sites (N-methyl/N-ethyl adjacent to an activating group) is 1. The summed E-state index contributed by atoms with van der Waals surface area (Å²) in [6, 6.07) is 5.35. The minimum Gasteiger partial charge on any atom is -0.478 e. The van der Waals surface area contributed by atoms with Gasteiger partial charge in [-0.25, -0.2) is 4.79 Å². The molecule has 0 unspecified atom stereocenters. The van der Waals surface area contributed by atoms with Gasteiger partial charge in [0, 0.05) is 24.7 Å². The Morgan fingerprint density at radius 2 is 2.13 bits per heavy atom. The first kappa shape index (κ1) is 10.0. The third-order valence-corrected chi connectivity index (χ3v) is 3.02. The molecule has 1 aliphatic heterocycles. The summed E-state index contributed by atoms with van der Waals surface area (Å²) in [5.74, 6) is -0.858. The zero-order chi connectivity index (χ0) is 11.2. The van der Waals surface area contributed by atoms with Crippen LogP contribution < -0.4 is 4.90 Å². The average molecular weight is 205 g/mol. The SMILES string of the molecule is CN1CC(C)(C)c2cc(C(=O)O)ccc21. The topological polar surface area (TPSA) is 40.5 Å². The van der Waals surface area contributed by atoms with Gasteiger partial charge in [-0.2, -0.15) is 0 Å². The van der Waals surface area contributed by atoms with Gasteiger partial charge in [0.2, 0.25) is 0 Å². The van der Waals surface area contributed by atoms with Crippen molar-refractivity contribution in [3.63, 3.8) is 0 Å². The molecule has 2 rings (SSSR count). The highest BCUT2D eigenvalue weighted by Gasteiger charge is 2.33. The first-order valence-corrected chi connectivity index (χ1v) is 5.01. The largest absolute Gasteiger partial charge is 0.478 e. The highest BCUT2D eigenvalue weighted by Crippen LogP contribution is 2.39. The molecule has 15 heavy (non-hydrogen) atoms. The molecule has 0 spiro atoms. The molecule has 0 amide bonds. The van der Waals surface area contributed by atoms with Gasteiger partial charge in [-0.1, -0.05) is 13.8 Å². The smallest absolute Gasteiger partial charge is 0.335 e. The Kier molecular flexibility index (Phi) is 2.00. The fourth-order valence-corrected chi connectivity index (χ4v) is 2.31. The van der Waals surface area contributed by atoms with Crippen molar-refractivity contribution in [1.82, 2.24) is 0 Å². The minimum atomic E-state index is -0.858. The fourth-order valence-electron chi connectivity index (χ4n) is 2.31. The third kappa shape index (κ3) is 1.48. The predicted molar refractivity (Wildman–Crippen MR) is 59.7 cm³/mol. The van der Waals surface area contributed by atoms with Crippen LogP contribution in [0.15, 0.2) is 18.2 Å². The van der Waals surface area contributed by atoms with Gasteiger partial charge in [0.05, 0.1) is 5.56 Å². The van der Waals surface area contributed by atoms with Crippen molar-refractivity contribution in [2.45, 2.75) is 19.3 Å². The van der Waals surface area contributed by atoms with Gasteiger partial charge >= 0.3 is 5.97 Å². The van der Waals surface area contributed by atoms with Crippen LogP contribution in [-0.2, 0) is 5.41 Å². The van der Waals surface area contributed by atoms with Crippen LogP contribution in [0.3, 0.4) is 0 Å². The van der Waals surface area contributed by atoms with E-state index in [-0.39, 0.29) is 5.41 Å². The molecule has 0 aliphatic carbocycles. The lowest BCUT2D eigenvalue weighted by molar-refractivity contribution is 0.0697. The second-order valence-electron chi connectivity index (χ2n) is 4.78. The van der Waals surface area contributed by atoms with E-state index in [1.165, 1.54) is 0 Å². The number of fused-ring (bicyclic) bond motifs is 1. The summed E-state index contributed by atoms with van der Waals surface area (Å²) in [4.78, 5) is 13.0. The van der Waals surface area contributed by atoms with Crippen molar-refractivity contribution >= 4 is 11.7 Å². The molecule has 1 N–H and O–H groups in total. The van der Waals surface area contributed by atoms with Crippen molar-refractivity contribution in [2.24, 2.45) is 0 Å². The lowest BCUT2D eigenvalue weighted by Crippen LogP contribution is -2.25. The molecule has 80 valence electrons. The third-order valence-electron chi connectivity index (χ3n) is 3.02. The van der Waals surface area contributed by atoms with Gasteiger partial charge in [-0.15, -0.1) is 0 Å². The van der Waals surface area contributed by atoms with Crippen LogP contribution in [0.4, 0.5) is 5.69 Å². The Labute approximate surface area is 89.3 Å². The molecular formula is C12H15NO2. The molecule has 0 aromatic heterocycles. The lowest BCUT2D eigenvalue weighted by Gasteiger charge is -2.18. The predicted octanol–water partition coefficient (Wildman–Crippen LogP) is 2.11. The van der Waals surface area contributed by atoms with Gasteiger partial charge in [0.25, 0.3) is 0 Å². The number of benzene rings is 1. The van der Waals surface area contributed by atoms with Crippen LogP contribution in [0.2, 0.25) is 0 Å². The molecule has 0 fully saturated rings. The van der Waals surface area contributed by atoms with Gasteiger partial charge < -0.3 is 10.0 Å². The van der Waals surface area contributed by atoms with Crippen LogP contribution in [-0.4, -0.2) is 24.7 Å². The van der Waals surface area contributed by atoms with E-state index in [0.29, 0.717) is 5.56 Å². The number of hydrogen-bond donors (Lipinski definition) is 1. The van der Waals surface area contributed by atoms with E-state index in [0.717, 1.165) is 17.8 Å². The van der Waals surface area contributed by atoms with E-state index >= 15 is 0 Å². The van der Waals surface area contributed by atoms with Crippen molar-refractivity contribution in [3.05, 3.63) is 29.3 Å². The molecule has 0 saturated heterocycles. The summed E-state index contributed by atoms with van der Waals surface area (Å²) in [6.07, 6.45) is 0. The molecule has 3 nitrogen and oxygen atoms in total. The number of carbonyl (C=O) groups is 1. The lowest BCUT2D eigenvalue weighted by atomic mass is 9.86. The zero-order valence-electron chi connectivity index (χ0n) is 9.24. The first-order chi connectivity index (χ1) is 6.92. The number of carboxylic acids is 1. The quantitative estimate of drug-likeness (QED) is 0.763. The monoisotopic (exact) mass is 205 g/mol. The molecule has 1 aromatic rings. The summed E-state index contributed by atoms with van der Waals surface area (Å²) in [7, 11) is 2.04. The summed E-state index contributed by atoms with van der Waals surface area (Å²) in [5, 5.41) is 8.94. The van der Waals surface area contributed by atoms with Crippen molar-refractivity contribution < 1.29 is 9.90 Å². The molecule has 0 atom stereocenters. The second-order valence-corrected chi connectivity index (χ2v) is 4.78. The number of hydrogen-bond acceptors (Lipinski definition) is 2. The summed E-state index contributed by atoms with van der Waals surface area (Å²) >= 11 is 0. The van der Waals surface area contributed by atoms with Gasteiger partial charge in [-0.05, 0) is 23.8 Å². The molecule has 1 heterocycles. The Hall–Kier alpha value is -1.51. The molecular weight excluding hydrogens is 190 g/mol. The minimum absolute atomic E-state index is 0.0372. The van der Waals surface area contributed by atoms with Crippen LogP contribution in [0, 0.1) is 0 Å². The van der Waals surface area contributed by atoms with Crippen LogP contribution in [0.5, 0.6) is 0 Å². The van der Waals surface area contributed by atoms with Gasteiger partial charge in [0.1, 0.15) is 0 Å². The second kappa shape index (κ2) is 2.99. The molecule has 1 aliphatic rings. The molecule has 1 aromatic carbocycles. The van der Waals surface area contributed by atoms with E-state index in [4.69, 9.17) is 5.11 Å². The summed E-state index contributed by atoms with van der Waals surface area (Å²) < 4.78 is 0. The molecule has 3 heteroatoms. The Morgan fingerprint density at radius 1 is 1.47 bits per heavy atom. The van der Waals surface area contributed by atoms with Gasteiger partial charge in [0.15, 0.2) is 0 Å². The Bertz CT molecular complexity index is 424. The fraction of sp³-hybridized carbons (Fsp3) is 0.417. The summed E-state index contributed by atoms with van der Waals surface area (Å²) in [6.45, 7) is 5.22. The number of aromatic carboxylic acids is 1. The maximum atomic E-state index is 10.9. The zero-order valence-corrected chi connectivity index (χ0v) is 9.24. The maximum absolute atomic E-state index is 10.9. The van der Waals surface area contributed by atoms with Crippen LogP contribution in [0.25, 0.3) is 0 Å². The number of anilines is 1. The van der Waals surface area contributed by atoms with Crippen LogP contribution >= 0.6 is 0 Å². The van der Waals surface area contributed by atoms with E-state index in [9.17, 15) is 4.79 Å². The first-order valence-electron chi connectivity index (χ1n) is 5.01. The number of nitrogens with zero attached hydrogens (tertiary/aromatic N) is 1. The van der Waals surface area contributed by atoms with Crippen LogP contribution in [0.1, 0.15) is 29.8 Å². The van der Waals surface area contributed by atoms with Crippen molar-refractivity contribution in [3.8, 4) is 0 Å². The maximum Gasteiger partial charge on any atom is 0.335 e. The average Bonchev–Trinajstić information content (AvgIpc) is 2.37. The Balaban J connectivity index is 2.57. The number of rotatable bonds is 1. The van der Waals surface area contributed by atoms with E-state index in [2.05, 4.69) is 18.7 Å². The van der Waals surface area contributed by atoms with Crippen molar-refractivity contribution in [1.29, 1.82) is 0 Å². The highest BCUT2D eigenvalue weighted by molar-refractivity contribution is 5.89. The molecule has 0 radical (unpaired) electrons. The standard InChI is InChI=1S/C12H15NO2/c1-12(2)7-13(3)10-5-4-8(11(14)15)6-9(10)12/h4-6H,7H2,1-3H3,(H,14,15). The normalized spacial score (nSPS) is 17.7. The summed E-state index contributed by atoms with van der Waals surface area (Å²) in [5.41, 5.74) is 2.68. The van der Waals surface area contributed by atoms with Gasteiger partial charge in [-0.3, -0.25) is 0 Å². The van der Waals surface area contributed by atoms with E-state index < -0.39 is 5.97 Å². The molecule has 0 bridgehead atoms. The highest BCUT2D eigenvalue weighted by atomic mass is 16.4. The molecule has 0 saturated carbocycles. The van der Waals surface area contributed by atoms with E-state index in [1.54, 1.807) is 12.1 Å². The Morgan fingerprint density at radius 3 is 2.73 bits per heavy atom. The van der Waals surface area contributed by atoms with Crippen molar-refractivity contribution in [2.75, 3.05) is 18.5 Å².